The van der Waals surface area contributed by atoms with Gasteiger partial charge >= 0.3 is 6.03 Å². The second-order valence-electron chi connectivity index (χ2n) is 2.08. The second kappa shape index (κ2) is 4.66. The third-order valence-electron chi connectivity index (χ3n) is 1.16. The number of amides is 2. The Kier molecular flexibility index (Phi) is 3.47. The number of alkyl halides is 1. The SMILES string of the molecule is O=C(NCCCl)Nc1ccoc1. The van der Waals surface area contributed by atoms with Gasteiger partial charge in [0.25, 0.3) is 0 Å². The van der Waals surface area contributed by atoms with Crippen LogP contribution in [0.4, 0.5) is 10.5 Å². The summed E-state index contributed by atoms with van der Waals surface area (Å²) in [6.07, 6.45) is 2.93. The zero-order valence-corrected chi connectivity index (χ0v) is 7.10. The Labute approximate surface area is 74.9 Å². The molecule has 0 aliphatic heterocycles. The summed E-state index contributed by atoms with van der Waals surface area (Å²) in [4.78, 5) is 10.9. The lowest BCUT2D eigenvalue weighted by molar-refractivity contribution is 0.252. The van der Waals surface area contributed by atoms with Gasteiger partial charge in [-0.05, 0) is 0 Å². The summed E-state index contributed by atoms with van der Waals surface area (Å²) >= 11 is 5.37. The summed E-state index contributed by atoms with van der Waals surface area (Å²) in [6.45, 7) is 0.450. The minimum Gasteiger partial charge on any atom is -0.470 e. The van der Waals surface area contributed by atoms with Gasteiger partial charge in [-0.25, -0.2) is 4.79 Å². The van der Waals surface area contributed by atoms with Crippen LogP contribution in [-0.2, 0) is 0 Å². The molecule has 0 saturated heterocycles. The fourth-order valence-electron chi connectivity index (χ4n) is 0.672. The van der Waals surface area contributed by atoms with Crippen molar-refractivity contribution in [2.24, 2.45) is 0 Å². The van der Waals surface area contributed by atoms with E-state index in [9.17, 15) is 4.79 Å². The molecule has 0 saturated carbocycles. The van der Waals surface area contributed by atoms with Gasteiger partial charge in [0, 0.05) is 18.5 Å². The minimum absolute atomic E-state index is 0.281. The average molecular weight is 189 g/mol. The quantitative estimate of drug-likeness (QED) is 0.709. The Morgan fingerprint density at radius 2 is 2.50 bits per heavy atom. The molecule has 0 radical (unpaired) electrons. The molecule has 0 spiro atoms. The number of hydrogen-bond acceptors (Lipinski definition) is 2. The molecule has 0 aromatic carbocycles. The van der Waals surface area contributed by atoms with E-state index < -0.39 is 0 Å². The molecule has 1 heterocycles. The van der Waals surface area contributed by atoms with Gasteiger partial charge in [-0.1, -0.05) is 0 Å². The van der Waals surface area contributed by atoms with Crippen LogP contribution < -0.4 is 10.6 Å². The third kappa shape index (κ3) is 2.84. The molecule has 12 heavy (non-hydrogen) atoms. The van der Waals surface area contributed by atoms with Crippen LogP contribution in [0, 0.1) is 0 Å². The van der Waals surface area contributed by atoms with Crippen molar-refractivity contribution in [3.8, 4) is 0 Å². The molecule has 0 aliphatic carbocycles. The van der Waals surface area contributed by atoms with Crippen LogP contribution in [0.25, 0.3) is 0 Å². The first-order chi connectivity index (χ1) is 5.83. The molecular weight excluding hydrogens is 180 g/mol. The van der Waals surface area contributed by atoms with Crippen LogP contribution in [0.2, 0.25) is 0 Å². The first-order valence-corrected chi connectivity index (χ1v) is 3.99. The Balaban J connectivity index is 2.27. The average Bonchev–Trinajstić information content (AvgIpc) is 2.53. The fraction of sp³-hybridized carbons (Fsp3) is 0.286. The number of carbonyl (C=O) groups excluding carboxylic acids is 1. The molecule has 1 aromatic rings. The summed E-state index contributed by atoms with van der Waals surface area (Å²) in [5, 5.41) is 5.10. The highest BCUT2D eigenvalue weighted by molar-refractivity contribution is 6.18. The Morgan fingerprint density at radius 1 is 1.67 bits per heavy atom. The van der Waals surface area contributed by atoms with Crippen molar-refractivity contribution in [2.45, 2.75) is 0 Å². The van der Waals surface area contributed by atoms with Crippen molar-refractivity contribution in [1.82, 2.24) is 5.32 Å². The summed E-state index contributed by atoms with van der Waals surface area (Å²) in [6, 6.07) is 1.37. The third-order valence-corrected chi connectivity index (χ3v) is 1.35. The summed E-state index contributed by atoms with van der Waals surface area (Å²) in [7, 11) is 0. The van der Waals surface area contributed by atoms with Crippen LogP contribution in [0.1, 0.15) is 0 Å². The summed E-state index contributed by atoms with van der Waals surface area (Å²) in [5.41, 5.74) is 0.627. The highest BCUT2D eigenvalue weighted by Gasteiger charge is 1.99. The van der Waals surface area contributed by atoms with Crippen LogP contribution in [0.3, 0.4) is 0 Å². The first kappa shape index (κ1) is 8.93. The zero-order valence-electron chi connectivity index (χ0n) is 6.34. The number of nitrogens with one attached hydrogen (secondary N) is 2. The Bertz CT molecular complexity index is 236. The predicted octanol–water partition coefficient (Wildman–Crippen LogP) is 1.64. The number of urea groups is 1. The number of hydrogen-bond donors (Lipinski definition) is 2. The van der Waals surface area contributed by atoms with Crippen LogP contribution in [0.15, 0.2) is 23.0 Å². The van der Waals surface area contributed by atoms with Gasteiger partial charge in [-0.15, -0.1) is 11.6 Å². The number of carbonyl (C=O) groups is 1. The Hall–Kier alpha value is -1.16. The molecule has 0 atom stereocenters. The highest BCUT2D eigenvalue weighted by atomic mass is 35.5. The van der Waals surface area contributed by atoms with E-state index in [-0.39, 0.29) is 6.03 Å². The summed E-state index contributed by atoms with van der Waals surface area (Å²) in [5.74, 6) is 0.402. The maximum atomic E-state index is 10.9. The Morgan fingerprint density at radius 3 is 3.08 bits per heavy atom. The van der Waals surface area contributed by atoms with E-state index in [1.165, 1.54) is 12.5 Å². The van der Waals surface area contributed by atoms with E-state index in [1.54, 1.807) is 6.07 Å². The van der Waals surface area contributed by atoms with Gasteiger partial charge in [-0.3, -0.25) is 0 Å². The monoisotopic (exact) mass is 188 g/mol. The molecule has 2 N–H and O–H groups in total. The lowest BCUT2D eigenvalue weighted by Crippen LogP contribution is -2.29. The van der Waals surface area contributed by atoms with Crippen molar-refractivity contribution >= 4 is 23.3 Å². The van der Waals surface area contributed by atoms with Crippen LogP contribution in [-0.4, -0.2) is 18.5 Å². The molecule has 0 bridgehead atoms. The normalized spacial score (nSPS) is 9.42. The molecule has 0 unspecified atom stereocenters. The molecular formula is C7H9ClN2O2. The largest absolute Gasteiger partial charge is 0.470 e. The maximum absolute atomic E-state index is 10.9. The number of furan rings is 1. The second-order valence-corrected chi connectivity index (χ2v) is 2.46. The van der Waals surface area contributed by atoms with E-state index in [4.69, 9.17) is 16.0 Å². The smallest absolute Gasteiger partial charge is 0.319 e. The standard InChI is InChI=1S/C7H9ClN2O2/c8-2-3-9-7(11)10-6-1-4-12-5-6/h1,4-5H,2-3H2,(H2,9,10,11). The lowest BCUT2D eigenvalue weighted by Gasteiger charge is -2.02. The fourth-order valence-corrected chi connectivity index (χ4v) is 0.766. The molecule has 1 aromatic heterocycles. The van der Waals surface area contributed by atoms with Crippen molar-refractivity contribution in [2.75, 3.05) is 17.7 Å². The van der Waals surface area contributed by atoms with Crippen LogP contribution >= 0.6 is 11.6 Å². The lowest BCUT2D eigenvalue weighted by atomic mass is 10.5. The molecule has 4 nitrogen and oxygen atoms in total. The molecule has 2 amide bonds. The van der Waals surface area contributed by atoms with E-state index in [1.807, 2.05) is 0 Å². The van der Waals surface area contributed by atoms with Gasteiger partial charge in [0.2, 0.25) is 0 Å². The van der Waals surface area contributed by atoms with Gasteiger partial charge in [0.1, 0.15) is 6.26 Å². The molecule has 66 valence electrons. The molecule has 5 heteroatoms. The molecule has 1 rings (SSSR count). The minimum atomic E-state index is -0.281. The van der Waals surface area contributed by atoms with Gasteiger partial charge in [0.15, 0.2) is 0 Å². The van der Waals surface area contributed by atoms with Crippen molar-refractivity contribution in [1.29, 1.82) is 0 Å². The highest BCUT2D eigenvalue weighted by Crippen LogP contribution is 2.05. The van der Waals surface area contributed by atoms with Gasteiger partial charge < -0.3 is 15.1 Å². The van der Waals surface area contributed by atoms with E-state index in [2.05, 4.69) is 10.6 Å². The van der Waals surface area contributed by atoms with E-state index in [0.29, 0.717) is 18.1 Å². The zero-order chi connectivity index (χ0) is 8.81. The number of halogens is 1. The van der Waals surface area contributed by atoms with Crippen molar-refractivity contribution < 1.29 is 9.21 Å². The van der Waals surface area contributed by atoms with Crippen molar-refractivity contribution in [3.63, 3.8) is 0 Å². The van der Waals surface area contributed by atoms with Gasteiger partial charge in [0.05, 0.1) is 12.0 Å². The number of anilines is 1. The molecule has 0 aliphatic rings. The maximum Gasteiger partial charge on any atom is 0.319 e. The molecule has 0 fully saturated rings. The first-order valence-electron chi connectivity index (χ1n) is 3.46. The number of rotatable bonds is 3. The van der Waals surface area contributed by atoms with Crippen molar-refractivity contribution in [3.05, 3.63) is 18.6 Å². The van der Waals surface area contributed by atoms with E-state index in [0.717, 1.165) is 0 Å². The topological polar surface area (TPSA) is 54.3 Å². The van der Waals surface area contributed by atoms with Gasteiger partial charge in [-0.2, -0.15) is 0 Å². The predicted molar refractivity (Wildman–Crippen MR) is 46.4 cm³/mol. The van der Waals surface area contributed by atoms with E-state index >= 15 is 0 Å². The van der Waals surface area contributed by atoms with Crippen LogP contribution in [0.5, 0.6) is 0 Å². The summed E-state index contributed by atoms with van der Waals surface area (Å²) < 4.78 is 4.75.